The quantitative estimate of drug-likeness (QED) is 0.318. The summed E-state index contributed by atoms with van der Waals surface area (Å²) in [6.45, 7) is 0.332. The van der Waals surface area contributed by atoms with Crippen LogP contribution in [0.2, 0.25) is 0 Å². The van der Waals surface area contributed by atoms with Gasteiger partial charge < -0.3 is 9.77 Å². The molecule has 0 saturated heterocycles. The van der Waals surface area contributed by atoms with Crippen LogP contribution in [0.3, 0.4) is 0 Å². The van der Waals surface area contributed by atoms with Crippen molar-refractivity contribution in [1.82, 2.24) is 9.55 Å². The van der Waals surface area contributed by atoms with Crippen LogP contribution in [0.25, 0.3) is 5.69 Å². The summed E-state index contributed by atoms with van der Waals surface area (Å²) in [6, 6.07) is 17.4. The molecule has 0 unspecified atom stereocenters. The molecule has 0 saturated carbocycles. The van der Waals surface area contributed by atoms with Gasteiger partial charge in [0.2, 0.25) is 0 Å². The predicted octanol–water partition coefficient (Wildman–Crippen LogP) is 3.00. The Morgan fingerprint density at radius 1 is 1.05 bits per heavy atom. The van der Waals surface area contributed by atoms with Crippen molar-refractivity contribution in [2.24, 2.45) is 0 Å². The number of hydrogen-bond donors (Lipinski definition) is 0. The molecule has 4 heteroatoms. The molecule has 1 aromatic heterocycles. The van der Waals surface area contributed by atoms with Crippen molar-refractivity contribution in [1.29, 1.82) is 0 Å². The standard InChI is InChI=1S/C17H15N3O/c21-20(12-15-6-2-1-3-7-15)13-16-8-4-5-9-17(16)19-11-10-18-14-19/h1-11,13-14H,12H2/b20-13-. The molecular formula is C17H15N3O. The van der Waals surface area contributed by atoms with E-state index in [-0.39, 0.29) is 0 Å². The molecule has 0 aliphatic rings. The summed E-state index contributed by atoms with van der Waals surface area (Å²) >= 11 is 0. The van der Waals surface area contributed by atoms with Gasteiger partial charge in [0, 0.05) is 18.0 Å². The zero-order valence-electron chi connectivity index (χ0n) is 11.5. The van der Waals surface area contributed by atoms with Crippen molar-refractivity contribution >= 4 is 6.21 Å². The van der Waals surface area contributed by atoms with Gasteiger partial charge in [-0.2, -0.15) is 0 Å². The lowest BCUT2D eigenvalue weighted by Crippen LogP contribution is -2.07. The van der Waals surface area contributed by atoms with E-state index in [0.717, 1.165) is 21.6 Å². The molecule has 1 heterocycles. The van der Waals surface area contributed by atoms with Crippen molar-refractivity contribution in [2.75, 3.05) is 0 Å². The molecule has 0 aliphatic heterocycles. The highest BCUT2D eigenvalue weighted by molar-refractivity contribution is 5.81. The Hall–Kier alpha value is -2.88. The Kier molecular flexibility index (Phi) is 3.78. The van der Waals surface area contributed by atoms with Crippen LogP contribution in [0.1, 0.15) is 11.1 Å². The van der Waals surface area contributed by atoms with Crippen LogP contribution in [0.5, 0.6) is 0 Å². The highest BCUT2D eigenvalue weighted by atomic mass is 16.5. The number of benzene rings is 2. The third-order valence-corrected chi connectivity index (χ3v) is 3.18. The smallest absolute Gasteiger partial charge is 0.184 e. The van der Waals surface area contributed by atoms with Gasteiger partial charge in [-0.3, -0.25) is 0 Å². The van der Waals surface area contributed by atoms with Gasteiger partial charge >= 0.3 is 0 Å². The van der Waals surface area contributed by atoms with E-state index in [0.29, 0.717) is 6.54 Å². The first-order valence-corrected chi connectivity index (χ1v) is 6.73. The van der Waals surface area contributed by atoms with Crippen molar-refractivity contribution in [3.05, 3.63) is 89.7 Å². The minimum Gasteiger partial charge on any atom is -0.624 e. The Morgan fingerprint density at radius 2 is 1.81 bits per heavy atom. The molecule has 0 atom stereocenters. The fourth-order valence-electron chi connectivity index (χ4n) is 2.20. The molecule has 4 nitrogen and oxygen atoms in total. The fourth-order valence-corrected chi connectivity index (χ4v) is 2.20. The highest BCUT2D eigenvalue weighted by Crippen LogP contribution is 2.12. The van der Waals surface area contributed by atoms with Crippen LogP contribution in [0, 0.1) is 5.21 Å². The number of aromatic nitrogens is 2. The van der Waals surface area contributed by atoms with Gasteiger partial charge in [0.15, 0.2) is 12.8 Å². The zero-order chi connectivity index (χ0) is 14.5. The van der Waals surface area contributed by atoms with E-state index >= 15 is 0 Å². The highest BCUT2D eigenvalue weighted by Gasteiger charge is 2.05. The summed E-state index contributed by atoms with van der Waals surface area (Å²) in [4.78, 5) is 4.04. The van der Waals surface area contributed by atoms with Gasteiger partial charge in [-0.1, -0.05) is 42.5 Å². The average molecular weight is 277 g/mol. The Labute approximate surface area is 123 Å². The van der Waals surface area contributed by atoms with Crippen LogP contribution in [-0.2, 0) is 6.54 Å². The second kappa shape index (κ2) is 6.05. The van der Waals surface area contributed by atoms with Crippen LogP contribution < -0.4 is 0 Å². The second-order valence-corrected chi connectivity index (χ2v) is 4.72. The van der Waals surface area contributed by atoms with E-state index in [2.05, 4.69) is 4.98 Å². The topological polar surface area (TPSA) is 43.9 Å². The average Bonchev–Trinajstić information content (AvgIpc) is 3.03. The first kappa shape index (κ1) is 13.1. The Morgan fingerprint density at radius 3 is 2.57 bits per heavy atom. The van der Waals surface area contributed by atoms with Crippen molar-refractivity contribution in [3.8, 4) is 5.69 Å². The number of hydrogen-bond acceptors (Lipinski definition) is 2. The Balaban J connectivity index is 1.89. The SMILES string of the molecule is [O-]/[N+](=C\c1ccccc1-n1ccnc1)Cc1ccccc1. The second-order valence-electron chi connectivity index (χ2n) is 4.72. The monoisotopic (exact) mass is 277 g/mol. The summed E-state index contributed by atoms with van der Waals surface area (Å²) in [5.41, 5.74) is 2.79. The van der Waals surface area contributed by atoms with E-state index in [9.17, 15) is 5.21 Å². The largest absolute Gasteiger partial charge is 0.624 e. The number of hydroxylamine groups is 1. The van der Waals surface area contributed by atoms with Gasteiger partial charge in [-0.25, -0.2) is 9.72 Å². The van der Waals surface area contributed by atoms with Crippen LogP contribution in [0.15, 0.2) is 73.3 Å². The van der Waals surface area contributed by atoms with E-state index in [1.165, 1.54) is 0 Å². The number of para-hydroxylation sites is 1. The third kappa shape index (κ3) is 3.17. The number of imidazole rings is 1. The van der Waals surface area contributed by atoms with Crippen LogP contribution in [0.4, 0.5) is 0 Å². The molecule has 3 aromatic rings. The normalized spacial score (nSPS) is 11.5. The first-order chi connectivity index (χ1) is 10.3. The van der Waals surface area contributed by atoms with Crippen LogP contribution >= 0.6 is 0 Å². The molecule has 104 valence electrons. The van der Waals surface area contributed by atoms with Crippen molar-refractivity contribution < 1.29 is 4.74 Å². The molecule has 21 heavy (non-hydrogen) atoms. The van der Waals surface area contributed by atoms with E-state index in [1.807, 2.05) is 65.4 Å². The molecule has 0 radical (unpaired) electrons. The third-order valence-electron chi connectivity index (χ3n) is 3.18. The van der Waals surface area contributed by atoms with Gasteiger partial charge in [-0.15, -0.1) is 0 Å². The summed E-state index contributed by atoms with van der Waals surface area (Å²) in [5, 5.41) is 12.1. The van der Waals surface area contributed by atoms with Gasteiger partial charge in [0.05, 0.1) is 17.6 Å². The number of rotatable bonds is 4. The van der Waals surface area contributed by atoms with Crippen LogP contribution in [-0.4, -0.2) is 20.5 Å². The summed E-state index contributed by atoms with van der Waals surface area (Å²) in [7, 11) is 0. The maximum absolute atomic E-state index is 12.1. The maximum Gasteiger partial charge on any atom is 0.184 e. The molecule has 0 bridgehead atoms. The van der Waals surface area contributed by atoms with Gasteiger partial charge in [0.25, 0.3) is 0 Å². The number of nitrogens with zero attached hydrogens (tertiary/aromatic N) is 3. The molecule has 0 N–H and O–H groups in total. The molecule has 0 spiro atoms. The van der Waals surface area contributed by atoms with E-state index < -0.39 is 0 Å². The summed E-state index contributed by atoms with van der Waals surface area (Å²) < 4.78 is 2.84. The van der Waals surface area contributed by atoms with Gasteiger partial charge in [-0.05, 0) is 12.1 Å². The summed E-state index contributed by atoms with van der Waals surface area (Å²) in [6.07, 6.45) is 6.91. The van der Waals surface area contributed by atoms with Crippen molar-refractivity contribution in [3.63, 3.8) is 0 Å². The molecule has 0 aliphatic carbocycles. The molecular weight excluding hydrogens is 262 g/mol. The fraction of sp³-hybridized carbons (Fsp3) is 0.0588. The predicted molar refractivity (Wildman–Crippen MR) is 82.5 cm³/mol. The van der Waals surface area contributed by atoms with E-state index in [1.54, 1.807) is 18.7 Å². The maximum atomic E-state index is 12.1. The minimum absolute atomic E-state index is 0.332. The molecule has 3 rings (SSSR count). The van der Waals surface area contributed by atoms with Gasteiger partial charge in [0.1, 0.15) is 0 Å². The lowest BCUT2D eigenvalue weighted by atomic mass is 10.2. The minimum atomic E-state index is 0.332. The molecule has 0 fully saturated rings. The summed E-state index contributed by atoms with van der Waals surface area (Å²) in [5.74, 6) is 0. The van der Waals surface area contributed by atoms with Crippen molar-refractivity contribution in [2.45, 2.75) is 6.54 Å². The lowest BCUT2D eigenvalue weighted by Gasteiger charge is -2.08. The lowest BCUT2D eigenvalue weighted by molar-refractivity contribution is -0.469. The Bertz CT molecular complexity index is 734. The van der Waals surface area contributed by atoms with E-state index in [4.69, 9.17) is 0 Å². The molecule has 0 amide bonds. The molecule has 2 aromatic carbocycles. The first-order valence-electron chi connectivity index (χ1n) is 6.73. The zero-order valence-corrected chi connectivity index (χ0v) is 11.5.